The van der Waals surface area contributed by atoms with Crippen LogP contribution in [0.25, 0.3) is 0 Å². The van der Waals surface area contributed by atoms with E-state index in [2.05, 4.69) is 5.32 Å². The molecule has 0 bridgehead atoms. The van der Waals surface area contributed by atoms with Gasteiger partial charge in [-0.1, -0.05) is 30.3 Å². The fraction of sp³-hybridized carbons (Fsp3) is 0.350. The average Bonchev–Trinajstić information content (AvgIpc) is 2.63. The summed E-state index contributed by atoms with van der Waals surface area (Å²) in [5.41, 5.74) is 1.52. The van der Waals surface area contributed by atoms with Gasteiger partial charge in [-0.25, -0.2) is 0 Å². The first-order valence-corrected chi connectivity index (χ1v) is 8.58. The molecule has 0 aliphatic rings. The van der Waals surface area contributed by atoms with Gasteiger partial charge in [-0.15, -0.1) is 0 Å². The van der Waals surface area contributed by atoms with E-state index in [1.54, 1.807) is 12.1 Å². The van der Waals surface area contributed by atoms with E-state index in [-0.39, 0.29) is 5.91 Å². The Morgan fingerprint density at radius 2 is 1.44 bits per heavy atom. The van der Waals surface area contributed by atoms with Crippen LogP contribution in [0.4, 0.5) is 0 Å². The van der Waals surface area contributed by atoms with Crippen molar-refractivity contribution in [2.75, 3.05) is 19.8 Å². The molecule has 1 N–H and O–H groups in total. The van der Waals surface area contributed by atoms with Gasteiger partial charge in [0.1, 0.15) is 0 Å². The van der Waals surface area contributed by atoms with E-state index in [1.807, 2.05) is 51.1 Å². The van der Waals surface area contributed by atoms with Crippen LogP contribution in [0.5, 0.6) is 17.2 Å². The Morgan fingerprint density at radius 3 is 1.96 bits per heavy atom. The Kier molecular flexibility index (Phi) is 7.14. The summed E-state index contributed by atoms with van der Waals surface area (Å²) in [6.07, 6.45) is 0. The topological polar surface area (TPSA) is 56.8 Å². The number of rotatable bonds is 9. The molecule has 5 nitrogen and oxygen atoms in total. The molecule has 0 aliphatic carbocycles. The molecular formula is C20H25NO4. The van der Waals surface area contributed by atoms with Crippen molar-refractivity contribution in [2.45, 2.75) is 27.3 Å². The Hall–Kier alpha value is -2.69. The second-order valence-corrected chi connectivity index (χ2v) is 5.27. The van der Waals surface area contributed by atoms with Crippen molar-refractivity contribution in [3.63, 3.8) is 0 Å². The number of carbonyl (C=O) groups is 1. The smallest absolute Gasteiger partial charge is 0.251 e. The van der Waals surface area contributed by atoms with E-state index in [9.17, 15) is 4.79 Å². The normalized spacial score (nSPS) is 10.2. The molecule has 0 atom stereocenters. The van der Waals surface area contributed by atoms with Gasteiger partial charge < -0.3 is 19.5 Å². The first-order chi connectivity index (χ1) is 12.2. The molecule has 0 fully saturated rings. The molecule has 2 aromatic rings. The van der Waals surface area contributed by atoms with Crippen molar-refractivity contribution in [1.29, 1.82) is 0 Å². The number of hydrogen-bond donors (Lipinski definition) is 1. The van der Waals surface area contributed by atoms with Gasteiger partial charge in [0, 0.05) is 12.1 Å². The van der Waals surface area contributed by atoms with Crippen LogP contribution in [0.15, 0.2) is 42.5 Å². The van der Waals surface area contributed by atoms with Crippen LogP contribution in [-0.2, 0) is 6.54 Å². The third kappa shape index (κ3) is 5.14. The molecule has 5 heteroatoms. The first-order valence-electron chi connectivity index (χ1n) is 8.58. The lowest BCUT2D eigenvalue weighted by molar-refractivity contribution is 0.0949. The number of benzene rings is 2. The van der Waals surface area contributed by atoms with Crippen LogP contribution in [0.1, 0.15) is 36.7 Å². The summed E-state index contributed by atoms with van der Waals surface area (Å²) in [5.74, 6) is 1.37. The zero-order chi connectivity index (χ0) is 18.1. The van der Waals surface area contributed by atoms with E-state index in [1.165, 1.54) is 0 Å². The lowest BCUT2D eigenvalue weighted by Gasteiger charge is -2.17. The van der Waals surface area contributed by atoms with E-state index in [0.29, 0.717) is 49.2 Å². The monoisotopic (exact) mass is 343 g/mol. The van der Waals surface area contributed by atoms with Gasteiger partial charge in [-0.05, 0) is 38.5 Å². The summed E-state index contributed by atoms with van der Waals surface area (Å²) in [6, 6.07) is 13.2. The molecule has 134 valence electrons. The summed E-state index contributed by atoms with van der Waals surface area (Å²) >= 11 is 0. The maximum absolute atomic E-state index is 12.5. The van der Waals surface area contributed by atoms with Crippen molar-refractivity contribution in [3.05, 3.63) is 53.6 Å². The standard InChI is InChI=1S/C20H25NO4/c1-4-23-17-12-16(13-18(24-5-2)19(17)25-6-3)20(22)21-14-15-10-8-7-9-11-15/h7-13H,4-6,14H2,1-3H3,(H,21,22). The zero-order valence-electron chi connectivity index (χ0n) is 15.0. The van der Waals surface area contributed by atoms with Gasteiger partial charge in [0.2, 0.25) is 5.75 Å². The molecule has 1 amide bonds. The molecule has 0 saturated carbocycles. The van der Waals surface area contributed by atoms with Crippen LogP contribution >= 0.6 is 0 Å². The highest BCUT2D eigenvalue weighted by Gasteiger charge is 2.18. The minimum Gasteiger partial charge on any atom is -0.490 e. The fourth-order valence-electron chi connectivity index (χ4n) is 2.40. The van der Waals surface area contributed by atoms with Crippen molar-refractivity contribution in [3.8, 4) is 17.2 Å². The van der Waals surface area contributed by atoms with Crippen LogP contribution in [-0.4, -0.2) is 25.7 Å². The summed E-state index contributed by atoms with van der Waals surface area (Å²) in [5, 5.41) is 2.91. The number of ether oxygens (including phenoxy) is 3. The number of nitrogens with one attached hydrogen (secondary N) is 1. The largest absolute Gasteiger partial charge is 0.490 e. The van der Waals surface area contributed by atoms with Gasteiger partial charge in [0.05, 0.1) is 19.8 Å². The molecule has 0 spiro atoms. The predicted octanol–water partition coefficient (Wildman–Crippen LogP) is 3.81. The van der Waals surface area contributed by atoms with Gasteiger partial charge >= 0.3 is 0 Å². The predicted molar refractivity (Wildman–Crippen MR) is 97.6 cm³/mol. The lowest BCUT2D eigenvalue weighted by Crippen LogP contribution is -2.23. The summed E-state index contributed by atoms with van der Waals surface area (Å²) in [6.45, 7) is 7.56. The van der Waals surface area contributed by atoms with Crippen LogP contribution in [0.3, 0.4) is 0 Å². The van der Waals surface area contributed by atoms with E-state index < -0.39 is 0 Å². The second-order valence-electron chi connectivity index (χ2n) is 5.27. The Morgan fingerprint density at radius 1 is 0.880 bits per heavy atom. The summed E-state index contributed by atoms with van der Waals surface area (Å²) < 4.78 is 16.9. The number of hydrogen-bond acceptors (Lipinski definition) is 4. The van der Waals surface area contributed by atoms with Gasteiger partial charge in [-0.2, -0.15) is 0 Å². The maximum atomic E-state index is 12.5. The van der Waals surface area contributed by atoms with Gasteiger partial charge in [-0.3, -0.25) is 4.79 Å². The molecular weight excluding hydrogens is 318 g/mol. The van der Waals surface area contributed by atoms with Crippen molar-refractivity contribution >= 4 is 5.91 Å². The maximum Gasteiger partial charge on any atom is 0.251 e. The quantitative estimate of drug-likeness (QED) is 0.752. The van der Waals surface area contributed by atoms with E-state index >= 15 is 0 Å². The average molecular weight is 343 g/mol. The zero-order valence-corrected chi connectivity index (χ0v) is 15.0. The highest BCUT2D eigenvalue weighted by Crippen LogP contribution is 2.39. The van der Waals surface area contributed by atoms with Crippen molar-refractivity contribution in [1.82, 2.24) is 5.32 Å². The van der Waals surface area contributed by atoms with Crippen LogP contribution < -0.4 is 19.5 Å². The fourth-order valence-corrected chi connectivity index (χ4v) is 2.40. The van der Waals surface area contributed by atoms with Crippen LogP contribution in [0.2, 0.25) is 0 Å². The molecule has 2 aromatic carbocycles. The highest BCUT2D eigenvalue weighted by molar-refractivity contribution is 5.95. The molecule has 0 aromatic heterocycles. The molecule has 0 saturated heterocycles. The minimum atomic E-state index is -0.186. The highest BCUT2D eigenvalue weighted by atomic mass is 16.5. The SMILES string of the molecule is CCOc1cc(C(=O)NCc2ccccc2)cc(OCC)c1OCC. The third-order valence-electron chi connectivity index (χ3n) is 3.47. The number of amides is 1. The van der Waals surface area contributed by atoms with E-state index in [4.69, 9.17) is 14.2 Å². The van der Waals surface area contributed by atoms with E-state index in [0.717, 1.165) is 5.56 Å². The molecule has 25 heavy (non-hydrogen) atoms. The van der Waals surface area contributed by atoms with Gasteiger partial charge in [0.15, 0.2) is 11.5 Å². The van der Waals surface area contributed by atoms with Crippen molar-refractivity contribution in [2.24, 2.45) is 0 Å². The Balaban J connectivity index is 2.24. The molecule has 0 aliphatic heterocycles. The summed E-state index contributed by atoms with van der Waals surface area (Å²) in [4.78, 5) is 12.5. The number of carbonyl (C=O) groups excluding carboxylic acids is 1. The Labute approximate surface area is 148 Å². The minimum absolute atomic E-state index is 0.186. The van der Waals surface area contributed by atoms with Gasteiger partial charge in [0.25, 0.3) is 5.91 Å². The first kappa shape index (κ1) is 18.6. The van der Waals surface area contributed by atoms with Crippen molar-refractivity contribution < 1.29 is 19.0 Å². The molecule has 0 radical (unpaired) electrons. The molecule has 2 rings (SSSR count). The third-order valence-corrected chi connectivity index (χ3v) is 3.47. The summed E-state index contributed by atoms with van der Waals surface area (Å²) in [7, 11) is 0. The Bertz CT molecular complexity index is 658. The van der Waals surface area contributed by atoms with Crippen LogP contribution in [0, 0.1) is 0 Å². The second kappa shape index (κ2) is 9.57. The molecule has 0 heterocycles. The lowest BCUT2D eigenvalue weighted by atomic mass is 10.1. The molecule has 0 unspecified atom stereocenters.